The molecule has 136 valence electrons. The van der Waals surface area contributed by atoms with E-state index < -0.39 is 0 Å². The van der Waals surface area contributed by atoms with Crippen LogP contribution in [-0.4, -0.2) is 26.2 Å². The minimum absolute atomic E-state index is 0.450. The van der Waals surface area contributed by atoms with Crippen LogP contribution in [0.1, 0.15) is 58.1 Å². The fourth-order valence-corrected chi connectivity index (χ4v) is 3.72. The first-order valence-corrected chi connectivity index (χ1v) is 9.88. The third-order valence-electron chi connectivity index (χ3n) is 5.21. The smallest absolute Gasteiger partial charge is 0.0368 e. The molecule has 0 aliphatic heterocycles. The summed E-state index contributed by atoms with van der Waals surface area (Å²) in [6.45, 7) is 15.4. The SMILES string of the molecule is CCC(c1cccc(N(CC)CC)c1)c1cccc(N(CC)CC)c1. The fraction of sp³-hybridized carbons (Fsp3) is 0.478. The predicted molar refractivity (Wildman–Crippen MR) is 112 cm³/mol. The van der Waals surface area contributed by atoms with Crippen molar-refractivity contribution in [2.24, 2.45) is 0 Å². The Morgan fingerprint density at radius 3 is 1.36 bits per heavy atom. The lowest BCUT2D eigenvalue weighted by Gasteiger charge is -2.25. The molecule has 2 aromatic rings. The highest BCUT2D eigenvalue weighted by Crippen LogP contribution is 2.32. The van der Waals surface area contributed by atoms with Crippen molar-refractivity contribution in [3.63, 3.8) is 0 Å². The monoisotopic (exact) mass is 338 g/mol. The molecule has 0 radical (unpaired) electrons. The molecule has 0 saturated heterocycles. The Morgan fingerprint density at radius 2 is 1.04 bits per heavy atom. The molecule has 0 aliphatic rings. The molecule has 2 heteroatoms. The summed E-state index contributed by atoms with van der Waals surface area (Å²) in [5.41, 5.74) is 5.51. The van der Waals surface area contributed by atoms with Crippen molar-refractivity contribution in [1.29, 1.82) is 0 Å². The molecule has 2 rings (SSSR count). The number of hydrogen-bond acceptors (Lipinski definition) is 2. The topological polar surface area (TPSA) is 6.48 Å². The van der Waals surface area contributed by atoms with Crippen molar-refractivity contribution < 1.29 is 0 Å². The van der Waals surface area contributed by atoms with E-state index in [2.05, 4.69) is 92.9 Å². The van der Waals surface area contributed by atoms with E-state index in [0.29, 0.717) is 5.92 Å². The first kappa shape index (κ1) is 19.4. The van der Waals surface area contributed by atoms with Crippen LogP contribution in [0.5, 0.6) is 0 Å². The van der Waals surface area contributed by atoms with Gasteiger partial charge in [-0.15, -0.1) is 0 Å². The van der Waals surface area contributed by atoms with Gasteiger partial charge in [-0.25, -0.2) is 0 Å². The Balaban J connectivity index is 2.37. The van der Waals surface area contributed by atoms with Gasteiger partial charge in [0.1, 0.15) is 0 Å². The first-order valence-electron chi connectivity index (χ1n) is 9.88. The van der Waals surface area contributed by atoms with Gasteiger partial charge in [0.15, 0.2) is 0 Å². The van der Waals surface area contributed by atoms with Crippen molar-refractivity contribution in [2.45, 2.75) is 47.0 Å². The predicted octanol–water partition coefficient (Wildman–Crippen LogP) is 5.92. The quantitative estimate of drug-likeness (QED) is 0.560. The van der Waals surface area contributed by atoms with Crippen molar-refractivity contribution in [1.82, 2.24) is 0 Å². The Kier molecular flexibility index (Phi) is 7.36. The number of benzene rings is 2. The van der Waals surface area contributed by atoms with Crippen molar-refractivity contribution in [3.05, 3.63) is 59.7 Å². The molecule has 0 spiro atoms. The van der Waals surface area contributed by atoms with Gasteiger partial charge in [0.25, 0.3) is 0 Å². The van der Waals surface area contributed by atoms with Crippen LogP contribution < -0.4 is 9.80 Å². The van der Waals surface area contributed by atoms with Gasteiger partial charge in [0.2, 0.25) is 0 Å². The van der Waals surface area contributed by atoms with Gasteiger partial charge in [-0.1, -0.05) is 31.2 Å². The largest absolute Gasteiger partial charge is 0.372 e. The standard InChI is InChI=1S/C23H34N2/c1-6-23(19-13-11-15-21(17-19)24(7-2)8-3)20-14-12-16-22(18-20)25(9-4)10-5/h11-18,23H,6-10H2,1-5H3. The maximum atomic E-state index is 2.42. The molecule has 0 saturated carbocycles. The summed E-state index contributed by atoms with van der Waals surface area (Å²) in [5.74, 6) is 0.450. The lowest BCUT2D eigenvalue weighted by molar-refractivity contribution is 0.772. The Bertz CT molecular complexity index is 587. The second-order valence-electron chi connectivity index (χ2n) is 6.50. The highest BCUT2D eigenvalue weighted by Gasteiger charge is 2.15. The van der Waals surface area contributed by atoms with E-state index in [-0.39, 0.29) is 0 Å². The first-order chi connectivity index (χ1) is 12.2. The highest BCUT2D eigenvalue weighted by molar-refractivity contribution is 5.53. The molecule has 25 heavy (non-hydrogen) atoms. The van der Waals surface area contributed by atoms with Gasteiger partial charge in [-0.05, 0) is 69.5 Å². The molecule has 2 nitrogen and oxygen atoms in total. The highest BCUT2D eigenvalue weighted by atomic mass is 15.1. The zero-order valence-corrected chi connectivity index (χ0v) is 16.6. The summed E-state index contributed by atoms with van der Waals surface area (Å²) in [5, 5.41) is 0. The van der Waals surface area contributed by atoms with Crippen LogP contribution in [0.4, 0.5) is 11.4 Å². The fourth-order valence-electron chi connectivity index (χ4n) is 3.72. The van der Waals surface area contributed by atoms with Gasteiger partial charge in [-0.3, -0.25) is 0 Å². The van der Waals surface area contributed by atoms with Gasteiger partial charge in [0.05, 0.1) is 0 Å². The number of anilines is 2. The Morgan fingerprint density at radius 1 is 0.640 bits per heavy atom. The molecule has 0 aliphatic carbocycles. The molecule has 0 atom stereocenters. The molecule has 0 aromatic heterocycles. The molecular formula is C23H34N2. The number of nitrogens with zero attached hydrogens (tertiary/aromatic N) is 2. The van der Waals surface area contributed by atoms with Crippen LogP contribution >= 0.6 is 0 Å². The minimum atomic E-state index is 0.450. The van der Waals surface area contributed by atoms with E-state index in [1.165, 1.54) is 22.5 Å². The van der Waals surface area contributed by atoms with E-state index in [1.54, 1.807) is 0 Å². The molecular weight excluding hydrogens is 304 g/mol. The van der Waals surface area contributed by atoms with Crippen LogP contribution in [0.2, 0.25) is 0 Å². The van der Waals surface area contributed by atoms with E-state index >= 15 is 0 Å². The van der Waals surface area contributed by atoms with Gasteiger partial charge < -0.3 is 9.80 Å². The molecule has 0 N–H and O–H groups in total. The van der Waals surface area contributed by atoms with E-state index in [1.807, 2.05) is 0 Å². The van der Waals surface area contributed by atoms with E-state index in [0.717, 1.165) is 32.6 Å². The summed E-state index contributed by atoms with van der Waals surface area (Å²) in [6, 6.07) is 18.2. The average Bonchev–Trinajstić information content (AvgIpc) is 2.65. The lowest BCUT2D eigenvalue weighted by atomic mass is 9.88. The summed E-state index contributed by atoms with van der Waals surface area (Å²) < 4.78 is 0. The molecule has 0 amide bonds. The van der Waals surface area contributed by atoms with Crippen molar-refractivity contribution in [3.8, 4) is 0 Å². The summed E-state index contributed by atoms with van der Waals surface area (Å²) in [6.07, 6.45) is 1.11. The summed E-state index contributed by atoms with van der Waals surface area (Å²) >= 11 is 0. The Hall–Kier alpha value is -1.96. The molecule has 2 aromatic carbocycles. The molecule has 0 fully saturated rings. The molecule has 0 heterocycles. The zero-order valence-electron chi connectivity index (χ0n) is 16.6. The lowest BCUT2D eigenvalue weighted by Crippen LogP contribution is -2.22. The maximum absolute atomic E-state index is 2.42. The summed E-state index contributed by atoms with van der Waals surface area (Å²) in [7, 11) is 0. The van der Waals surface area contributed by atoms with Gasteiger partial charge in [-0.2, -0.15) is 0 Å². The van der Waals surface area contributed by atoms with E-state index in [4.69, 9.17) is 0 Å². The average molecular weight is 339 g/mol. The normalized spacial score (nSPS) is 11.0. The molecule has 0 unspecified atom stereocenters. The summed E-state index contributed by atoms with van der Waals surface area (Å²) in [4.78, 5) is 4.84. The van der Waals surface area contributed by atoms with Crippen molar-refractivity contribution in [2.75, 3.05) is 36.0 Å². The second-order valence-corrected chi connectivity index (χ2v) is 6.50. The zero-order chi connectivity index (χ0) is 18.2. The minimum Gasteiger partial charge on any atom is -0.372 e. The van der Waals surface area contributed by atoms with Crippen LogP contribution in [0.25, 0.3) is 0 Å². The Labute approximate surface area is 154 Å². The van der Waals surface area contributed by atoms with Crippen molar-refractivity contribution >= 4 is 11.4 Å². The number of rotatable bonds is 9. The third-order valence-corrected chi connectivity index (χ3v) is 5.21. The van der Waals surface area contributed by atoms with Gasteiger partial charge in [0, 0.05) is 43.5 Å². The van der Waals surface area contributed by atoms with Gasteiger partial charge >= 0.3 is 0 Å². The van der Waals surface area contributed by atoms with Crippen LogP contribution in [0.15, 0.2) is 48.5 Å². The number of hydrogen-bond donors (Lipinski definition) is 0. The third kappa shape index (κ3) is 4.56. The maximum Gasteiger partial charge on any atom is 0.0368 e. The molecule has 0 bridgehead atoms. The second kappa shape index (κ2) is 9.50. The van der Waals surface area contributed by atoms with Crippen LogP contribution in [-0.2, 0) is 0 Å². The van der Waals surface area contributed by atoms with Crippen LogP contribution in [0.3, 0.4) is 0 Å². The van der Waals surface area contributed by atoms with E-state index in [9.17, 15) is 0 Å². The van der Waals surface area contributed by atoms with Crippen LogP contribution in [0, 0.1) is 0 Å².